The molecule has 0 unspecified atom stereocenters. The molecule has 0 atom stereocenters. The van der Waals surface area contributed by atoms with Crippen molar-refractivity contribution < 1.29 is 4.42 Å². The number of para-hydroxylation sites is 1. The molecule has 0 saturated carbocycles. The smallest absolute Gasteiger partial charge is 0.137 e. The number of hydrogen-bond acceptors (Lipinski definition) is 3. The topological polar surface area (TPSA) is 32.2 Å². The van der Waals surface area contributed by atoms with Gasteiger partial charge < -0.3 is 14.3 Å². The maximum atomic E-state index is 6.44. The van der Waals surface area contributed by atoms with Gasteiger partial charge in [0, 0.05) is 86.7 Å². The summed E-state index contributed by atoms with van der Waals surface area (Å²) >= 11 is 1.90. The summed E-state index contributed by atoms with van der Waals surface area (Å²) in [6.07, 6.45) is 0. The van der Waals surface area contributed by atoms with E-state index >= 15 is 0 Å². The molecular formula is C47H30N2OS. The molecule has 12 rings (SSSR count). The third-order valence-electron chi connectivity index (χ3n) is 11.5. The Morgan fingerprint density at radius 3 is 2.20 bits per heavy atom. The van der Waals surface area contributed by atoms with Crippen molar-refractivity contribution in [2.45, 2.75) is 19.3 Å². The van der Waals surface area contributed by atoms with Gasteiger partial charge in [0.05, 0.1) is 0 Å². The fourth-order valence-electron chi connectivity index (χ4n) is 9.16. The highest BCUT2D eigenvalue weighted by molar-refractivity contribution is 7.26. The van der Waals surface area contributed by atoms with E-state index in [-0.39, 0.29) is 5.41 Å². The first-order valence-corrected chi connectivity index (χ1v) is 18.4. The fourth-order valence-corrected chi connectivity index (χ4v) is 10.4. The number of anilines is 3. The molecule has 0 bridgehead atoms. The van der Waals surface area contributed by atoms with Gasteiger partial charge in [-0.1, -0.05) is 92.7 Å². The lowest BCUT2D eigenvalue weighted by atomic mass is 9.82. The van der Waals surface area contributed by atoms with Crippen LogP contribution in [-0.2, 0) is 5.41 Å². The van der Waals surface area contributed by atoms with E-state index in [1.54, 1.807) is 0 Å². The highest BCUT2D eigenvalue weighted by Gasteiger charge is 2.35. The Hall–Kier alpha value is -6.10. The molecule has 4 heteroatoms. The van der Waals surface area contributed by atoms with Crippen LogP contribution in [0.5, 0.6) is 0 Å². The number of furan rings is 1. The molecule has 0 radical (unpaired) electrons. The molecule has 1 N–H and O–H groups in total. The SMILES string of the molecule is CC1(C)c2ccccc2-c2cc(N(c3cc4ccc5c6sc7ccccc7c6cc6[nH]c(c3)c4c65)c3ccc4c(c3)oc3ccccc34)ccc21. The molecule has 1 aliphatic carbocycles. The summed E-state index contributed by atoms with van der Waals surface area (Å²) in [6, 6.07) is 51.3. The van der Waals surface area contributed by atoms with Crippen LogP contribution in [0.2, 0.25) is 0 Å². The summed E-state index contributed by atoms with van der Waals surface area (Å²) in [5.41, 5.74) is 12.7. The second-order valence-corrected chi connectivity index (χ2v) is 15.7. The van der Waals surface area contributed by atoms with Crippen LogP contribution in [-0.4, -0.2) is 4.98 Å². The second kappa shape index (κ2) is 9.57. The average Bonchev–Trinajstić information content (AvgIpc) is 3.89. The number of nitrogens with one attached hydrogen (secondary N) is 1. The zero-order chi connectivity index (χ0) is 33.6. The quantitative estimate of drug-likeness (QED) is 0.190. The average molecular weight is 671 g/mol. The molecule has 3 heterocycles. The summed E-state index contributed by atoms with van der Waals surface area (Å²) in [5.74, 6) is 0. The number of aromatic amines is 1. The van der Waals surface area contributed by atoms with Crippen molar-refractivity contribution in [1.82, 2.24) is 4.98 Å². The summed E-state index contributed by atoms with van der Waals surface area (Å²) in [5, 5.41) is 10.1. The molecule has 0 amide bonds. The molecule has 0 spiro atoms. The molecule has 3 aromatic heterocycles. The van der Waals surface area contributed by atoms with E-state index in [2.05, 4.69) is 157 Å². The largest absolute Gasteiger partial charge is 0.456 e. The van der Waals surface area contributed by atoms with Crippen LogP contribution < -0.4 is 4.90 Å². The molecule has 0 fully saturated rings. The molecule has 240 valence electrons. The Labute approximate surface area is 297 Å². The lowest BCUT2D eigenvalue weighted by molar-refractivity contribution is 0.660. The van der Waals surface area contributed by atoms with Crippen molar-refractivity contribution in [2.24, 2.45) is 0 Å². The summed E-state index contributed by atoms with van der Waals surface area (Å²) in [6.45, 7) is 4.68. The van der Waals surface area contributed by atoms with Crippen LogP contribution in [0.3, 0.4) is 0 Å². The van der Waals surface area contributed by atoms with Crippen LogP contribution in [0.1, 0.15) is 25.0 Å². The fraction of sp³-hybridized carbons (Fsp3) is 0.0638. The molecule has 0 saturated heterocycles. The Morgan fingerprint density at radius 1 is 0.529 bits per heavy atom. The number of fused-ring (bicyclic) bond motifs is 10. The first kappa shape index (κ1) is 27.7. The minimum Gasteiger partial charge on any atom is -0.456 e. The minimum absolute atomic E-state index is 0.0580. The Morgan fingerprint density at radius 2 is 1.25 bits per heavy atom. The van der Waals surface area contributed by atoms with Crippen molar-refractivity contribution in [2.75, 3.05) is 4.90 Å². The number of hydrogen-bond donors (Lipinski definition) is 1. The monoisotopic (exact) mass is 670 g/mol. The van der Waals surface area contributed by atoms with Gasteiger partial charge in [0.25, 0.3) is 0 Å². The Kier molecular flexibility index (Phi) is 5.19. The van der Waals surface area contributed by atoms with Crippen LogP contribution in [0.15, 0.2) is 144 Å². The Balaban J connectivity index is 1.12. The van der Waals surface area contributed by atoms with Crippen LogP contribution in [0.4, 0.5) is 17.1 Å². The number of benzene rings is 8. The van der Waals surface area contributed by atoms with Gasteiger partial charge in [-0.2, -0.15) is 0 Å². The van der Waals surface area contributed by atoms with Gasteiger partial charge in [0.1, 0.15) is 11.2 Å². The van der Waals surface area contributed by atoms with Gasteiger partial charge in [-0.3, -0.25) is 0 Å². The predicted molar refractivity (Wildman–Crippen MR) is 217 cm³/mol. The third-order valence-corrected chi connectivity index (χ3v) is 12.7. The van der Waals surface area contributed by atoms with Gasteiger partial charge in [0.2, 0.25) is 0 Å². The summed E-state index contributed by atoms with van der Waals surface area (Å²) < 4.78 is 9.14. The number of rotatable bonds is 3. The molecule has 0 aliphatic heterocycles. The van der Waals surface area contributed by atoms with Crippen LogP contribution >= 0.6 is 11.3 Å². The van der Waals surface area contributed by atoms with Crippen molar-refractivity contribution in [3.8, 4) is 11.1 Å². The van der Waals surface area contributed by atoms with Crippen molar-refractivity contribution in [3.05, 3.63) is 151 Å². The second-order valence-electron chi connectivity index (χ2n) is 14.6. The van der Waals surface area contributed by atoms with Gasteiger partial charge in [0.15, 0.2) is 0 Å². The number of nitrogens with zero attached hydrogens (tertiary/aromatic N) is 1. The first-order valence-electron chi connectivity index (χ1n) is 17.6. The van der Waals surface area contributed by atoms with Gasteiger partial charge >= 0.3 is 0 Å². The van der Waals surface area contributed by atoms with Crippen molar-refractivity contribution >= 4 is 103 Å². The normalized spacial score (nSPS) is 13.8. The molecule has 1 aliphatic rings. The maximum absolute atomic E-state index is 6.44. The highest BCUT2D eigenvalue weighted by Crippen LogP contribution is 2.52. The molecule has 3 nitrogen and oxygen atoms in total. The van der Waals surface area contributed by atoms with Gasteiger partial charge in [-0.05, 0) is 82.2 Å². The molecular weight excluding hydrogens is 641 g/mol. The minimum atomic E-state index is -0.0580. The van der Waals surface area contributed by atoms with E-state index in [4.69, 9.17) is 4.42 Å². The summed E-state index contributed by atoms with van der Waals surface area (Å²) in [4.78, 5) is 6.28. The van der Waals surface area contributed by atoms with Gasteiger partial charge in [-0.25, -0.2) is 0 Å². The lowest BCUT2D eigenvalue weighted by Crippen LogP contribution is -2.15. The van der Waals surface area contributed by atoms with E-state index in [1.807, 2.05) is 17.4 Å². The number of aromatic nitrogens is 1. The molecule has 8 aromatic carbocycles. The Bertz CT molecular complexity index is 3250. The highest BCUT2D eigenvalue weighted by atomic mass is 32.1. The van der Waals surface area contributed by atoms with E-state index < -0.39 is 0 Å². The zero-order valence-electron chi connectivity index (χ0n) is 28.0. The van der Waals surface area contributed by atoms with Gasteiger partial charge in [-0.15, -0.1) is 11.3 Å². The summed E-state index contributed by atoms with van der Waals surface area (Å²) in [7, 11) is 0. The molecule has 11 aromatic rings. The third kappa shape index (κ3) is 3.62. The van der Waals surface area contributed by atoms with Crippen LogP contribution in [0, 0.1) is 0 Å². The standard InChI is InChI=1S/C47H30N2OS/c1-47(2)37-12-6-3-9-30(37)35-22-27(17-20-38(35)47)49(28-16-19-32-31-10-4-7-13-41(31)50-42(32)24-28)29-21-26-15-18-34-45-40(48-39(23-29)44(26)45)25-36-33-11-5-8-14-43(33)51-46(34)36/h3-25,48H,1-2H3. The van der Waals surface area contributed by atoms with Crippen molar-refractivity contribution in [1.29, 1.82) is 0 Å². The zero-order valence-corrected chi connectivity index (χ0v) is 28.9. The van der Waals surface area contributed by atoms with E-state index in [0.29, 0.717) is 0 Å². The van der Waals surface area contributed by atoms with E-state index in [0.717, 1.165) is 44.5 Å². The van der Waals surface area contributed by atoms with Crippen LogP contribution in [0.25, 0.3) is 85.8 Å². The van der Waals surface area contributed by atoms with E-state index in [9.17, 15) is 0 Å². The molecule has 51 heavy (non-hydrogen) atoms. The maximum Gasteiger partial charge on any atom is 0.137 e. The first-order chi connectivity index (χ1) is 25.0. The number of H-pyrrole nitrogens is 1. The number of thiophene rings is 1. The lowest BCUT2D eigenvalue weighted by Gasteiger charge is -2.27. The van der Waals surface area contributed by atoms with Crippen molar-refractivity contribution in [3.63, 3.8) is 0 Å². The van der Waals surface area contributed by atoms with E-state index in [1.165, 1.54) is 69.5 Å². The predicted octanol–water partition coefficient (Wildman–Crippen LogP) is 14.0.